The fraction of sp³-hybridized carbons (Fsp3) is 0.167. The molecule has 0 saturated heterocycles. The lowest BCUT2D eigenvalue weighted by Crippen LogP contribution is -3.00. The molecule has 8 heteroatoms. The Kier molecular flexibility index (Phi) is 4.09. The number of nitrogens with zero attached hydrogens (tertiary/aromatic N) is 3. The van der Waals surface area contributed by atoms with Crippen molar-refractivity contribution in [2.75, 3.05) is 0 Å². The van der Waals surface area contributed by atoms with Crippen LogP contribution in [0.5, 0.6) is 0 Å². The van der Waals surface area contributed by atoms with E-state index in [-0.39, 0.29) is 18.2 Å². The van der Waals surface area contributed by atoms with Gasteiger partial charge in [-0.3, -0.25) is 0 Å². The van der Waals surface area contributed by atoms with Crippen molar-refractivity contribution in [1.29, 1.82) is 0 Å². The van der Waals surface area contributed by atoms with Gasteiger partial charge in [-0.1, -0.05) is 17.3 Å². The van der Waals surface area contributed by atoms with Crippen LogP contribution in [0.25, 0.3) is 11.4 Å². The Morgan fingerprint density at radius 2 is 2.25 bits per heavy atom. The summed E-state index contributed by atoms with van der Waals surface area (Å²) in [5, 5.41) is 10.7. The Morgan fingerprint density at radius 1 is 1.40 bits per heavy atom. The monoisotopic (exact) mass is 295 g/mol. The minimum atomic E-state index is -0.333. The number of H-pyrrole nitrogens is 2. The number of aryl methyl sites for hydroxylation is 1. The van der Waals surface area contributed by atoms with Crippen LogP contribution in [0.4, 0.5) is 4.39 Å². The van der Waals surface area contributed by atoms with Crippen LogP contribution in [0, 0.1) is 12.7 Å². The molecule has 0 saturated carbocycles. The molecule has 0 atom stereocenters. The predicted octanol–water partition coefficient (Wildman–Crippen LogP) is -1.68. The molecule has 2 N–H and O–H groups in total. The summed E-state index contributed by atoms with van der Waals surface area (Å²) < 4.78 is 18.2. The maximum absolute atomic E-state index is 13.1. The number of halogens is 2. The van der Waals surface area contributed by atoms with Crippen LogP contribution < -0.4 is 17.4 Å². The predicted molar refractivity (Wildman–Crippen MR) is 62.4 cm³/mol. The third kappa shape index (κ3) is 3.00. The normalized spacial score (nSPS) is 10.3. The molecule has 0 aliphatic rings. The highest BCUT2D eigenvalue weighted by atomic mass is 35.5. The summed E-state index contributed by atoms with van der Waals surface area (Å²) in [5.41, 5.74) is 0.581. The molecule has 0 spiro atoms. The van der Waals surface area contributed by atoms with Gasteiger partial charge in [0.25, 0.3) is 5.82 Å². The first kappa shape index (κ1) is 14.1. The summed E-state index contributed by atoms with van der Waals surface area (Å²) in [6, 6.07) is 6.06. The van der Waals surface area contributed by atoms with Crippen molar-refractivity contribution in [1.82, 2.24) is 20.3 Å². The van der Waals surface area contributed by atoms with E-state index in [1.54, 1.807) is 12.1 Å². The van der Waals surface area contributed by atoms with Crippen molar-refractivity contribution >= 4 is 0 Å². The molecule has 0 radical (unpaired) electrons. The van der Waals surface area contributed by atoms with Crippen molar-refractivity contribution in [3.63, 3.8) is 0 Å². The summed E-state index contributed by atoms with van der Waals surface area (Å²) in [5.74, 6) is 2.00. The highest BCUT2D eigenvalue weighted by Crippen LogP contribution is 2.17. The van der Waals surface area contributed by atoms with Crippen molar-refractivity contribution in [2.24, 2.45) is 0 Å². The largest absolute Gasteiger partial charge is 1.00 e. The fourth-order valence-electron chi connectivity index (χ4n) is 1.72. The highest BCUT2D eigenvalue weighted by molar-refractivity contribution is 5.53. The number of aromatic nitrogens is 5. The molecule has 2 aromatic heterocycles. The second-order valence-corrected chi connectivity index (χ2v) is 4.12. The Bertz CT molecular complexity index is 711. The lowest BCUT2D eigenvalue weighted by Gasteiger charge is -1.92. The van der Waals surface area contributed by atoms with E-state index >= 15 is 0 Å². The van der Waals surface area contributed by atoms with Crippen LogP contribution in [0.1, 0.15) is 17.5 Å². The SMILES string of the molecule is Cc1[nH]nc(Cc2nc(-c3cccc(F)c3)no2)[nH+]1.[Cl-]. The first-order chi connectivity index (χ1) is 9.20. The maximum atomic E-state index is 13.1. The number of nitrogens with one attached hydrogen (secondary N) is 2. The molecular formula is C12H11ClFN5O. The molecule has 0 amide bonds. The van der Waals surface area contributed by atoms with E-state index in [1.165, 1.54) is 12.1 Å². The van der Waals surface area contributed by atoms with Crippen LogP contribution in [0.15, 0.2) is 28.8 Å². The molecule has 0 aliphatic heterocycles. The van der Waals surface area contributed by atoms with Gasteiger partial charge in [0.05, 0.1) is 0 Å². The number of benzene rings is 1. The second-order valence-electron chi connectivity index (χ2n) is 4.12. The van der Waals surface area contributed by atoms with Gasteiger partial charge in [0.15, 0.2) is 0 Å². The van der Waals surface area contributed by atoms with Gasteiger partial charge in [0, 0.05) is 17.6 Å². The van der Waals surface area contributed by atoms with Gasteiger partial charge in [-0.25, -0.2) is 9.37 Å². The van der Waals surface area contributed by atoms with Crippen LogP contribution in [-0.2, 0) is 6.42 Å². The lowest BCUT2D eigenvalue weighted by molar-refractivity contribution is -0.398. The molecule has 0 aliphatic carbocycles. The Labute approximate surface area is 119 Å². The van der Waals surface area contributed by atoms with Crippen molar-refractivity contribution in [2.45, 2.75) is 13.3 Å². The minimum absolute atomic E-state index is 0. The standard InChI is InChI=1S/C12H10FN5O.ClH/c1-7-14-10(17-16-7)6-11-15-12(18-19-11)8-3-2-4-9(13)5-8;/h2-5H,6H2,1H3,(H,14,16,17);1H. The number of hydrogen-bond donors (Lipinski definition) is 1. The quantitative estimate of drug-likeness (QED) is 0.625. The van der Waals surface area contributed by atoms with E-state index < -0.39 is 0 Å². The van der Waals surface area contributed by atoms with Crippen LogP contribution >= 0.6 is 0 Å². The van der Waals surface area contributed by atoms with Gasteiger partial charge in [-0.15, -0.1) is 5.10 Å². The van der Waals surface area contributed by atoms with Crippen LogP contribution in [-0.4, -0.2) is 20.3 Å². The van der Waals surface area contributed by atoms with Crippen molar-refractivity contribution in [3.8, 4) is 11.4 Å². The van der Waals surface area contributed by atoms with Crippen LogP contribution in [0.2, 0.25) is 0 Å². The van der Waals surface area contributed by atoms with Gasteiger partial charge < -0.3 is 16.9 Å². The van der Waals surface area contributed by atoms with Crippen LogP contribution in [0.3, 0.4) is 0 Å². The van der Waals surface area contributed by atoms with Gasteiger partial charge in [0.2, 0.25) is 17.5 Å². The average Bonchev–Trinajstić information content (AvgIpc) is 2.99. The molecule has 0 fully saturated rings. The molecule has 3 rings (SSSR count). The van der Waals surface area contributed by atoms with Gasteiger partial charge >= 0.3 is 0 Å². The van der Waals surface area contributed by atoms with E-state index in [2.05, 4.69) is 25.3 Å². The zero-order valence-electron chi connectivity index (χ0n) is 10.5. The molecule has 1 aromatic carbocycles. The Morgan fingerprint density at radius 3 is 2.95 bits per heavy atom. The summed E-state index contributed by atoms with van der Waals surface area (Å²) in [4.78, 5) is 7.24. The van der Waals surface area contributed by atoms with Gasteiger partial charge in [-0.2, -0.15) is 4.98 Å². The number of rotatable bonds is 3. The first-order valence-corrected chi connectivity index (χ1v) is 5.72. The smallest absolute Gasteiger partial charge is 0.284 e. The molecular weight excluding hydrogens is 285 g/mol. The average molecular weight is 296 g/mol. The van der Waals surface area contributed by atoms with E-state index in [1.807, 2.05) is 6.92 Å². The van der Waals surface area contributed by atoms with Crippen molar-refractivity contribution in [3.05, 3.63) is 47.6 Å². The van der Waals surface area contributed by atoms with Gasteiger partial charge in [-0.05, 0) is 12.1 Å². The van der Waals surface area contributed by atoms with E-state index in [4.69, 9.17) is 4.52 Å². The van der Waals surface area contributed by atoms with E-state index in [0.717, 1.165) is 5.82 Å². The van der Waals surface area contributed by atoms with Gasteiger partial charge in [0.1, 0.15) is 12.2 Å². The molecule has 6 nitrogen and oxygen atoms in total. The molecule has 3 aromatic rings. The summed E-state index contributed by atoms with van der Waals surface area (Å²) >= 11 is 0. The Hall–Kier alpha value is -2.28. The highest BCUT2D eigenvalue weighted by Gasteiger charge is 2.15. The fourth-order valence-corrected chi connectivity index (χ4v) is 1.72. The molecule has 0 unspecified atom stereocenters. The zero-order valence-corrected chi connectivity index (χ0v) is 11.3. The Balaban J connectivity index is 0.00000147. The summed E-state index contributed by atoms with van der Waals surface area (Å²) in [6.45, 7) is 1.86. The summed E-state index contributed by atoms with van der Waals surface area (Å²) in [6.07, 6.45) is 0.395. The van der Waals surface area contributed by atoms with E-state index in [0.29, 0.717) is 29.5 Å². The lowest BCUT2D eigenvalue weighted by atomic mass is 10.2. The third-order valence-electron chi connectivity index (χ3n) is 2.56. The molecule has 20 heavy (non-hydrogen) atoms. The summed E-state index contributed by atoms with van der Waals surface area (Å²) in [7, 11) is 0. The minimum Gasteiger partial charge on any atom is -1.00 e. The number of hydrogen-bond acceptors (Lipinski definition) is 4. The topological polar surface area (TPSA) is 81.7 Å². The van der Waals surface area contributed by atoms with Crippen molar-refractivity contribution < 1.29 is 26.3 Å². The number of aromatic amines is 2. The molecule has 2 heterocycles. The molecule has 0 bridgehead atoms. The maximum Gasteiger partial charge on any atom is 0.284 e. The third-order valence-corrected chi connectivity index (χ3v) is 2.56. The first-order valence-electron chi connectivity index (χ1n) is 5.72. The zero-order chi connectivity index (χ0) is 13.2. The molecule has 104 valence electrons. The second kappa shape index (κ2) is 5.79. The van der Waals surface area contributed by atoms with E-state index in [9.17, 15) is 4.39 Å².